The molecule has 278 valence electrons. The molecule has 3 aliphatic heterocycles. The highest BCUT2D eigenvalue weighted by Gasteiger charge is 2.35. The predicted octanol–water partition coefficient (Wildman–Crippen LogP) is 5.54. The van der Waals surface area contributed by atoms with Crippen LogP contribution in [-0.2, 0) is 19.4 Å². The van der Waals surface area contributed by atoms with Crippen LogP contribution in [0.1, 0.15) is 48.3 Å². The Morgan fingerprint density at radius 3 is 2.40 bits per heavy atom. The third kappa shape index (κ3) is 6.87. The first-order valence-electron chi connectivity index (χ1n) is 19.1. The van der Waals surface area contributed by atoms with Crippen LogP contribution in [0.5, 0.6) is 5.75 Å². The lowest BCUT2D eigenvalue weighted by Crippen LogP contribution is -2.54. The predicted molar refractivity (Wildman–Crippen MR) is 211 cm³/mol. The molecule has 12 heteroatoms. The molecule has 8 rings (SSSR count). The number of likely N-dealkylation sites (N-methyl/N-ethyl adjacent to an activating group) is 1. The van der Waals surface area contributed by atoms with Crippen LogP contribution in [0.3, 0.4) is 0 Å². The average Bonchev–Trinajstić information content (AvgIpc) is 3.84. The number of para-hydroxylation sites is 1. The number of H-pyrrole nitrogens is 1. The Bertz CT molecular complexity index is 2080. The number of carbonyl (C=O) groups excluding carboxylic acids is 1. The van der Waals surface area contributed by atoms with E-state index in [4.69, 9.17) is 14.7 Å². The maximum Gasteiger partial charge on any atom is 0.274 e. The average molecular weight is 718 g/mol. The summed E-state index contributed by atoms with van der Waals surface area (Å²) in [4.78, 5) is 36.2. The van der Waals surface area contributed by atoms with Crippen molar-refractivity contribution in [1.29, 1.82) is 0 Å². The smallest absolute Gasteiger partial charge is 0.274 e. The largest absolute Gasteiger partial charge is 0.494 e. The van der Waals surface area contributed by atoms with Gasteiger partial charge in [-0.05, 0) is 68.1 Å². The van der Waals surface area contributed by atoms with Crippen LogP contribution >= 0.6 is 0 Å². The number of piperazine rings is 1. The highest BCUT2D eigenvalue weighted by Crippen LogP contribution is 2.37. The molecule has 1 amide bonds. The first-order valence-corrected chi connectivity index (χ1v) is 19.1. The van der Waals surface area contributed by atoms with Gasteiger partial charge in [0.2, 0.25) is 5.95 Å². The van der Waals surface area contributed by atoms with Gasteiger partial charge in [0.05, 0.1) is 29.8 Å². The minimum absolute atomic E-state index is 0.00839. The lowest BCUT2D eigenvalue weighted by atomic mass is 9.90. The van der Waals surface area contributed by atoms with E-state index in [9.17, 15) is 9.90 Å². The fourth-order valence-electron chi connectivity index (χ4n) is 8.31. The third-order valence-corrected chi connectivity index (χ3v) is 11.5. The summed E-state index contributed by atoms with van der Waals surface area (Å²) in [6.07, 6.45) is 7.10. The van der Waals surface area contributed by atoms with Crippen molar-refractivity contribution >= 4 is 40.0 Å². The number of aromatic amines is 1. The molecule has 53 heavy (non-hydrogen) atoms. The lowest BCUT2D eigenvalue weighted by Gasteiger charge is -2.43. The Balaban J connectivity index is 1.01. The molecule has 6 heterocycles. The molecular weight excluding hydrogens is 667 g/mol. The highest BCUT2D eigenvalue weighted by molar-refractivity contribution is 6.08. The SMILES string of the molecule is CCc1cccc(CC)c1N1CCn2cc(-c3nc(Nc4ccc(N5CCC(O)(CN6CCN(C)CC6)CC5)cc4OC)nc4[nH]ccc34)cc2C1=O. The lowest BCUT2D eigenvalue weighted by molar-refractivity contribution is -0.0250. The van der Waals surface area contributed by atoms with Gasteiger partial charge in [0, 0.05) is 94.0 Å². The molecule has 3 aliphatic rings. The van der Waals surface area contributed by atoms with Crippen LogP contribution in [0.4, 0.5) is 23.0 Å². The van der Waals surface area contributed by atoms with Crippen LogP contribution in [0.2, 0.25) is 0 Å². The molecule has 0 bridgehead atoms. The fraction of sp³-hybridized carbons (Fsp3) is 0.439. The van der Waals surface area contributed by atoms with E-state index in [0.29, 0.717) is 36.1 Å². The molecular formula is C41H51N9O3. The Labute approximate surface area is 311 Å². The number of benzene rings is 2. The summed E-state index contributed by atoms with van der Waals surface area (Å²) in [5, 5.41) is 15.7. The number of rotatable bonds is 10. The molecule has 0 saturated carbocycles. The second-order valence-electron chi connectivity index (χ2n) is 14.8. The normalized spacial score (nSPS) is 18.1. The van der Waals surface area contributed by atoms with Gasteiger partial charge >= 0.3 is 0 Å². The molecule has 3 aromatic heterocycles. The van der Waals surface area contributed by atoms with Gasteiger partial charge in [0.25, 0.3) is 5.91 Å². The topological polar surface area (TPSA) is 118 Å². The number of hydrogen-bond acceptors (Lipinski definition) is 9. The summed E-state index contributed by atoms with van der Waals surface area (Å²) in [6.45, 7) is 12.0. The highest BCUT2D eigenvalue weighted by atomic mass is 16.5. The zero-order valence-corrected chi connectivity index (χ0v) is 31.4. The van der Waals surface area contributed by atoms with Gasteiger partial charge in [-0.3, -0.25) is 9.69 Å². The summed E-state index contributed by atoms with van der Waals surface area (Å²) in [6, 6.07) is 16.4. The summed E-state index contributed by atoms with van der Waals surface area (Å²) in [5.74, 6) is 1.12. The number of aryl methyl sites for hydroxylation is 2. The Kier molecular flexibility index (Phi) is 9.61. The molecule has 2 fully saturated rings. The number of methoxy groups -OCH3 is 1. The third-order valence-electron chi connectivity index (χ3n) is 11.5. The van der Waals surface area contributed by atoms with E-state index >= 15 is 0 Å². The molecule has 2 aromatic carbocycles. The molecule has 5 aromatic rings. The number of fused-ring (bicyclic) bond motifs is 2. The number of aliphatic hydroxyl groups is 1. The van der Waals surface area contributed by atoms with Gasteiger partial charge in [-0.25, -0.2) is 4.98 Å². The minimum Gasteiger partial charge on any atom is -0.494 e. The van der Waals surface area contributed by atoms with Crippen LogP contribution in [0, 0.1) is 0 Å². The Morgan fingerprint density at radius 1 is 0.925 bits per heavy atom. The van der Waals surface area contributed by atoms with E-state index in [2.05, 4.69) is 74.7 Å². The van der Waals surface area contributed by atoms with Gasteiger partial charge in [0.1, 0.15) is 17.1 Å². The summed E-state index contributed by atoms with van der Waals surface area (Å²) >= 11 is 0. The number of amides is 1. The fourth-order valence-corrected chi connectivity index (χ4v) is 8.31. The van der Waals surface area contributed by atoms with E-state index in [1.807, 2.05) is 41.6 Å². The van der Waals surface area contributed by atoms with Crippen LogP contribution < -0.4 is 19.9 Å². The van der Waals surface area contributed by atoms with Crippen molar-refractivity contribution in [3.05, 3.63) is 77.7 Å². The second kappa shape index (κ2) is 14.5. The summed E-state index contributed by atoms with van der Waals surface area (Å²) in [5.41, 5.74) is 7.57. The van der Waals surface area contributed by atoms with Crippen molar-refractivity contribution in [3.8, 4) is 17.0 Å². The number of nitrogens with zero attached hydrogens (tertiary/aromatic N) is 7. The molecule has 2 saturated heterocycles. The number of ether oxygens (including phenoxy) is 1. The maximum atomic E-state index is 14.1. The molecule has 0 unspecified atom stereocenters. The summed E-state index contributed by atoms with van der Waals surface area (Å²) < 4.78 is 7.93. The van der Waals surface area contributed by atoms with Crippen molar-refractivity contribution in [2.24, 2.45) is 0 Å². The number of carbonyl (C=O) groups is 1. The van der Waals surface area contributed by atoms with Crippen LogP contribution in [0.15, 0.2) is 60.9 Å². The molecule has 12 nitrogen and oxygen atoms in total. The van der Waals surface area contributed by atoms with Crippen LogP contribution in [0.25, 0.3) is 22.3 Å². The second-order valence-corrected chi connectivity index (χ2v) is 14.8. The van der Waals surface area contributed by atoms with Gasteiger partial charge < -0.3 is 39.4 Å². The number of nitrogens with one attached hydrogen (secondary N) is 2. The standard InChI is InChI=1S/C41H51N9O3/c1-5-28-8-7-9-29(6-2)37(28)50-23-22-49-26-30(24-34(49)39(50)51)36-32-12-15-42-38(32)45-40(44-36)43-33-11-10-31(25-35(33)53-4)48-16-13-41(52,14-17-48)27-47-20-18-46(3)19-21-47/h7-12,15,24-26,52H,5-6,13-14,16-23,27H2,1-4H3,(H2,42,43,44,45). The van der Waals surface area contributed by atoms with Crippen LogP contribution in [-0.4, -0.2) is 112 Å². The van der Waals surface area contributed by atoms with Crippen molar-refractivity contribution in [2.45, 2.75) is 51.7 Å². The molecule has 0 radical (unpaired) electrons. The number of β-amino-alcohol motifs (C(OH)–C–C–N with tert-alkyl or cyclic N) is 1. The number of aromatic nitrogens is 4. The Morgan fingerprint density at radius 2 is 1.68 bits per heavy atom. The first-order chi connectivity index (χ1) is 25.8. The number of piperidine rings is 1. The molecule has 3 N–H and O–H groups in total. The van der Waals surface area contributed by atoms with Gasteiger partial charge in [0.15, 0.2) is 0 Å². The van der Waals surface area contributed by atoms with Gasteiger partial charge in [-0.2, -0.15) is 4.98 Å². The van der Waals surface area contributed by atoms with Gasteiger partial charge in [-0.15, -0.1) is 0 Å². The van der Waals surface area contributed by atoms with Crippen molar-refractivity contribution < 1.29 is 14.6 Å². The minimum atomic E-state index is -0.658. The van der Waals surface area contributed by atoms with E-state index in [0.717, 1.165) is 105 Å². The maximum absolute atomic E-state index is 14.1. The Hall–Kier alpha value is -4.91. The van der Waals surface area contributed by atoms with Crippen molar-refractivity contribution in [3.63, 3.8) is 0 Å². The first kappa shape index (κ1) is 35.1. The molecule has 0 spiro atoms. The number of anilines is 4. The van der Waals surface area contributed by atoms with E-state index in [-0.39, 0.29) is 5.91 Å². The summed E-state index contributed by atoms with van der Waals surface area (Å²) in [7, 11) is 3.83. The van der Waals surface area contributed by atoms with E-state index in [1.54, 1.807) is 7.11 Å². The zero-order chi connectivity index (χ0) is 36.7. The van der Waals surface area contributed by atoms with E-state index in [1.165, 1.54) is 11.1 Å². The van der Waals surface area contributed by atoms with Crippen molar-refractivity contribution in [1.82, 2.24) is 29.3 Å². The monoisotopic (exact) mass is 717 g/mol. The van der Waals surface area contributed by atoms with Crippen molar-refractivity contribution in [2.75, 3.05) is 81.6 Å². The molecule has 0 aliphatic carbocycles. The molecule has 0 atom stereocenters. The van der Waals surface area contributed by atoms with Gasteiger partial charge in [-0.1, -0.05) is 32.0 Å². The zero-order valence-electron chi connectivity index (χ0n) is 31.4. The number of hydrogen-bond donors (Lipinski definition) is 3. The quantitative estimate of drug-likeness (QED) is 0.171. The van der Waals surface area contributed by atoms with E-state index < -0.39 is 5.60 Å².